The van der Waals surface area contributed by atoms with E-state index in [1.54, 1.807) is 0 Å². The number of halogens is 9. The van der Waals surface area contributed by atoms with Crippen LogP contribution in [0.25, 0.3) is 0 Å². The zero-order valence-electron chi connectivity index (χ0n) is 22.9. The van der Waals surface area contributed by atoms with Gasteiger partial charge in [-0.15, -0.1) is 0 Å². The highest BCUT2D eigenvalue weighted by molar-refractivity contribution is 5.50. The molecule has 0 N–H and O–H groups in total. The molecule has 44 heavy (non-hydrogen) atoms. The Balaban J connectivity index is 1.49. The van der Waals surface area contributed by atoms with Gasteiger partial charge in [0.25, 0.3) is 0 Å². The van der Waals surface area contributed by atoms with Gasteiger partial charge in [-0.2, -0.15) is 8.78 Å². The van der Waals surface area contributed by atoms with Gasteiger partial charge in [0.05, 0.1) is 16.7 Å². The first-order chi connectivity index (χ1) is 20.9. The second-order valence-corrected chi connectivity index (χ2v) is 9.60. The lowest BCUT2D eigenvalue weighted by atomic mass is 10.0. The number of benzene rings is 4. The van der Waals surface area contributed by atoms with Crippen LogP contribution < -0.4 is 4.74 Å². The summed E-state index contributed by atoms with van der Waals surface area (Å²) in [5.74, 6) is -1.20. The van der Waals surface area contributed by atoms with Crippen LogP contribution in [0.2, 0.25) is 0 Å². The third-order valence-corrected chi connectivity index (χ3v) is 6.30. The van der Waals surface area contributed by atoms with E-state index in [0.717, 1.165) is 55.7 Å². The molecule has 0 aliphatic carbocycles. The molecule has 0 spiro atoms. The molecule has 0 bridgehead atoms. The fourth-order valence-electron chi connectivity index (χ4n) is 4.06. The molecule has 226 valence electrons. The Morgan fingerprint density at radius 1 is 0.614 bits per heavy atom. The zero-order valence-corrected chi connectivity index (χ0v) is 22.9. The zero-order chi connectivity index (χ0) is 32.0. The molecular weight excluding hydrogens is 595 g/mol. The summed E-state index contributed by atoms with van der Waals surface area (Å²) in [4.78, 5) is 0. The van der Waals surface area contributed by atoms with Crippen LogP contribution in [0.3, 0.4) is 0 Å². The number of hydrogen-bond acceptors (Lipinski definition) is 1. The largest absolute Gasteiger partial charge is 0.429 e. The van der Waals surface area contributed by atoms with Crippen LogP contribution in [0, 0.1) is 64.4 Å². The van der Waals surface area contributed by atoms with E-state index in [1.807, 2.05) is 6.92 Å². The van der Waals surface area contributed by atoms with Crippen LogP contribution >= 0.6 is 0 Å². The monoisotopic (exact) mass is 616 g/mol. The maximum atomic E-state index is 14.7. The van der Waals surface area contributed by atoms with Gasteiger partial charge in [-0.1, -0.05) is 49.5 Å². The molecule has 1 nitrogen and oxygen atoms in total. The van der Waals surface area contributed by atoms with Gasteiger partial charge in [0.15, 0.2) is 17.5 Å². The first kappa shape index (κ1) is 32.1. The summed E-state index contributed by atoms with van der Waals surface area (Å²) in [6, 6.07) is 8.53. The van der Waals surface area contributed by atoms with E-state index in [1.165, 1.54) is 6.07 Å². The van der Waals surface area contributed by atoms with Crippen LogP contribution in [-0.4, -0.2) is 0 Å². The predicted molar refractivity (Wildman–Crippen MR) is 145 cm³/mol. The standard InChI is InChI=1S/C34H21F9O/c1-2-3-4-5-20-8-13-26(30(38)14-20)34(42,43)44-24-11-10-23(27(35)19-24)9-6-21-15-28(36)25(29(37)16-21)12-7-22-17-31(39)33(41)32(40)18-22/h8,10-11,13-19H,2-5H2,1H3. The number of ether oxygens (including phenoxy) is 1. The molecule has 4 rings (SSSR count). The van der Waals surface area contributed by atoms with Gasteiger partial charge in [-0.3, -0.25) is 0 Å². The summed E-state index contributed by atoms with van der Waals surface area (Å²) in [5.41, 5.74) is -2.17. The van der Waals surface area contributed by atoms with Gasteiger partial charge in [-0.05, 0) is 66.9 Å². The van der Waals surface area contributed by atoms with E-state index < -0.39 is 63.7 Å². The minimum Gasteiger partial charge on any atom is -0.429 e. The first-order valence-corrected chi connectivity index (χ1v) is 13.2. The normalized spacial score (nSPS) is 11.0. The van der Waals surface area contributed by atoms with Crippen molar-refractivity contribution in [1.29, 1.82) is 0 Å². The Hall–Kier alpha value is -4.83. The van der Waals surface area contributed by atoms with Gasteiger partial charge in [0, 0.05) is 17.2 Å². The van der Waals surface area contributed by atoms with Crippen LogP contribution in [-0.2, 0) is 12.5 Å². The second-order valence-electron chi connectivity index (χ2n) is 9.60. The van der Waals surface area contributed by atoms with Crippen molar-refractivity contribution < 1.29 is 44.3 Å². The Morgan fingerprint density at radius 3 is 1.82 bits per heavy atom. The van der Waals surface area contributed by atoms with E-state index in [0.29, 0.717) is 30.2 Å². The summed E-state index contributed by atoms with van der Waals surface area (Å²) < 4.78 is 132. The van der Waals surface area contributed by atoms with Crippen molar-refractivity contribution in [3.63, 3.8) is 0 Å². The van der Waals surface area contributed by atoms with E-state index in [2.05, 4.69) is 28.4 Å². The SMILES string of the molecule is CCCCCc1ccc(C(F)(F)Oc2ccc(C#Cc3cc(F)c(C#Cc4cc(F)c(F)c(F)c4)c(F)c3)c(F)c2)c(F)c1. The fraction of sp³-hybridized carbons (Fsp3) is 0.176. The molecule has 0 heterocycles. The lowest BCUT2D eigenvalue weighted by Gasteiger charge is -2.19. The topological polar surface area (TPSA) is 9.23 Å². The lowest BCUT2D eigenvalue weighted by Crippen LogP contribution is -2.23. The van der Waals surface area contributed by atoms with E-state index in [4.69, 9.17) is 0 Å². The van der Waals surface area contributed by atoms with Gasteiger partial charge in [-0.25, -0.2) is 30.7 Å². The average molecular weight is 617 g/mol. The minimum absolute atomic E-state index is 0.246. The van der Waals surface area contributed by atoms with Crippen LogP contribution in [0.5, 0.6) is 5.75 Å². The van der Waals surface area contributed by atoms with Crippen LogP contribution in [0.15, 0.2) is 60.7 Å². The summed E-state index contributed by atoms with van der Waals surface area (Å²) in [6.45, 7) is 2.00. The van der Waals surface area contributed by atoms with Crippen molar-refractivity contribution in [3.05, 3.63) is 135 Å². The van der Waals surface area contributed by atoms with Crippen molar-refractivity contribution in [2.75, 3.05) is 0 Å². The molecule has 0 saturated carbocycles. The third-order valence-electron chi connectivity index (χ3n) is 6.30. The van der Waals surface area contributed by atoms with Crippen molar-refractivity contribution in [3.8, 4) is 29.4 Å². The predicted octanol–water partition coefficient (Wildman–Crippen LogP) is 9.32. The molecule has 10 heteroatoms. The molecule has 0 aliphatic rings. The van der Waals surface area contributed by atoms with Crippen LogP contribution in [0.4, 0.5) is 39.5 Å². The molecule has 0 aromatic heterocycles. The second kappa shape index (κ2) is 13.6. The van der Waals surface area contributed by atoms with Gasteiger partial charge >= 0.3 is 6.11 Å². The fourth-order valence-corrected chi connectivity index (χ4v) is 4.06. The first-order valence-electron chi connectivity index (χ1n) is 13.2. The summed E-state index contributed by atoms with van der Waals surface area (Å²) in [6.07, 6.45) is -0.941. The maximum absolute atomic E-state index is 14.7. The Labute approximate surface area is 247 Å². The number of unbranched alkanes of at least 4 members (excludes halogenated alkanes) is 2. The smallest absolute Gasteiger partial charge is 0.429 e. The molecule has 0 atom stereocenters. The van der Waals surface area contributed by atoms with E-state index >= 15 is 0 Å². The minimum atomic E-state index is -4.12. The molecule has 0 amide bonds. The Morgan fingerprint density at radius 2 is 1.23 bits per heavy atom. The highest BCUT2D eigenvalue weighted by atomic mass is 19.3. The van der Waals surface area contributed by atoms with Gasteiger partial charge in [0.1, 0.15) is 29.0 Å². The van der Waals surface area contributed by atoms with E-state index in [-0.39, 0.29) is 16.7 Å². The van der Waals surface area contributed by atoms with Crippen molar-refractivity contribution >= 4 is 0 Å². The lowest BCUT2D eigenvalue weighted by molar-refractivity contribution is -0.187. The number of alkyl halides is 2. The molecule has 0 fully saturated rings. The molecule has 4 aromatic rings. The molecule has 0 aliphatic heterocycles. The highest BCUT2D eigenvalue weighted by Gasteiger charge is 2.37. The maximum Gasteiger partial charge on any atom is 0.429 e. The average Bonchev–Trinajstić information content (AvgIpc) is 2.95. The van der Waals surface area contributed by atoms with Crippen molar-refractivity contribution in [1.82, 2.24) is 0 Å². The summed E-state index contributed by atoms with van der Waals surface area (Å²) >= 11 is 0. The summed E-state index contributed by atoms with van der Waals surface area (Å²) in [5, 5.41) is 0. The number of hydrogen-bond donors (Lipinski definition) is 0. The Kier molecular flexibility index (Phi) is 9.95. The number of aryl methyl sites for hydroxylation is 1. The quantitative estimate of drug-likeness (QED) is 0.0871. The third kappa shape index (κ3) is 7.76. The van der Waals surface area contributed by atoms with Crippen LogP contribution in [0.1, 0.15) is 59.6 Å². The highest BCUT2D eigenvalue weighted by Crippen LogP contribution is 2.34. The molecule has 0 saturated heterocycles. The Bertz CT molecular complexity index is 1780. The van der Waals surface area contributed by atoms with E-state index in [9.17, 15) is 39.5 Å². The van der Waals surface area contributed by atoms with Gasteiger partial charge in [0.2, 0.25) is 0 Å². The number of rotatable bonds is 7. The van der Waals surface area contributed by atoms with Gasteiger partial charge < -0.3 is 4.74 Å². The van der Waals surface area contributed by atoms with Crippen molar-refractivity contribution in [2.24, 2.45) is 0 Å². The van der Waals surface area contributed by atoms with Crippen molar-refractivity contribution in [2.45, 2.75) is 38.7 Å². The summed E-state index contributed by atoms with van der Waals surface area (Å²) in [7, 11) is 0. The molecular formula is C34H21F9O. The molecule has 4 aromatic carbocycles. The molecule has 0 radical (unpaired) electrons. The molecule has 0 unspecified atom stereocenters.